The van der Waals surface area contributed by atoms with Crippen molar-refractivity contribution in [3.05, 3.63) is 114 Å². The summed E-state index contributed by atoms with van der Waals surface area (Å²) >= 11 is 0. The van der Waals surface area contributed by atoms with Crippen LogP contribution in [0.25, 0.3) is 10.8 Å². The number of anilines is 1. The molecule has 0 aliphatic carbocycles. The molecular formula is C24H21N. The van der Waals surface area contributed by atoms with Gasteiger partial charge < -0.3 is 5.32 Å². The lowest BCUT2D eigenvalue weighted by Gasteiger charge is -2.23. The van der Waals surface area contributed by atoms with E-state index >= 15 is 0 Å². The fraction of sp³-hybridized carbons (Fsp3) is 0.0833. The van der Waals surface area contributed by atoms with E-state index in [2.05, 4.69) is 102 Å². The van der Waals surface area contributed by atoms with E-state index < -0.39 is 0 Å². The second-order valence-electron chi connectivity index (χ2n) is 6.26. The standard InChI is InChI=1S/C24H21N/c1-25-24-21-15-9-8-10-18(21)16-17-22(24)23(19-11-4-2-5-12-19)20-13-6-3-7-14-20/h2-17,23,25H,1H3. The Balaban J connectivity index is 1.98. The number of nitrogens with one attached hydrogen (secondary N) is 1. The van der Waals surface area contributed by atoms with Crippen molar-refractivity contribution in [2.24, 2.45) is 0 Å². The van der Waals surface area contributed by atoms with Crippen molar-refractivity contribution in [1.29, 1.82) is 0 Å². The number of hydrogen-bond donors (Lipinski definition) is 1. The molecule has 0 aliphatic rings. The maximum atomic E-state index is 3.46. The molecule has 0 fully saturated rings. The lowest BCUT2D eigenvalue weighted by Crippen LogP contribution is -2.07. The molecule has 1 heteroatoms. The summed E-state index contributed by atoms with van der Waals surface area (Å²) < 4.78 is 0. The van der Waals surface area contributed by atoms with Gasteiger partial charge in [-0.3, -0.25) is 0 Å². The Kier molecular flexibility index (Phi) is 4.22. The topological polar surface area (TPSA) is 12.0 Å². The maximum absolute atomic E-state index is 3.46. The molecule has 25 heavy (non-hydrogen) atoms. The average molecular weight is 323 g/mol. The molecule has 4 rings (SSSR count). The van der Waals surface area contributed by atoms with E-state index in [1.165, 1.54) is 33.2 Å². The zero-order valence-corrected chi connectivity index (χ0v) is 14.3. The van der Waals surface area contributed by atoms with Gasteiger partial charge in [-0.1, -0.05) is 97.1 Å². The molecule has 4 aromatic rings. The van der Waals surface area contributed by atoms with Gasteiger partial charge in [0.25, 0.3) is 0 Å². The Morgan fingerprint density at radius 3 is 1.76 bits per heavy atom. The Hall–Kier alpha value is -3.06. The number of hydrogen-bond acceptors (Lipinski definition) is 1. The molecule has 0 unspecified atom stereocenters. The van der Waals surface area contributed by atoms with Gasteiger partial charge in [0.1, 0.15) is 0 Å². The SMILES string of the molecule is CNc1c(C(c2ccccc2)c2ccccc2)ccc2ccccc12. The fourth-order valence-corrected chi connectivity index (χ4v) is 3.65. The maximum Gasteiger partial charge on any atom is 0.0459 e. The number of rotatable bonds is 4. The minimum Gasteiger partial charge on any atom is -0.387 e. The van der Waals surface area contributed by atoms with Crippen LogP contribution < -0.4 is 5.32 Å². The largest absolute Gasteiger partial charge is 0.387 e. The van der Waals surface area contributed by atoms with Crippen molar-refractivity contribution in [3.63, 3.8) is 0 Å². The minimum absolute atomic E-state index is 0.203. The van der Waals surface area contributed by atoms with Crippen LogP contribution in [0.5, 0.6) is 0 Å². The highest BCUT2D eigenvalue weighted by Crippen LogP contribution is 2.39. The van der Waals surface area contributed by atoms with Gasteiger partial charge in [-0.25, -0.2) is 0 Å². The van der Waals surface area contributed by atoms with Crippen LogP contribution in [0.15, 0.2) is 97.1 Å². The molecule has 0 heterocycles. The summed E-state index contributed by atoms with van der Waals surface area (Å²) in [5, 5.41) is 5.98. The normalized spacial score (nSPS) is 11.0. The Bertz CT molecular complexity index is 935. The van der Waals surface area contributed by atoms with Crippen LogP contribution in [0.1, 0.15) is 22.6 Å². The zero-order chi connectivity index (χ0) is 17.1. The molecular weight excluding hydrogens is 302 g/mol. The Morgan fingerprint density at radius 1 is 0.600 bits per heavy atom. The number of fused-ring (bicyclic) bond motifs is 1. The highest BCUT2D eigenvalue weighted by atomic mass is 14.8. The summed E-state index contributed by atoms with van der Waals surface area (Å²) in [4.78, 5) is 0. The second-order valence-corrected chi connectivity index (χ2v) is 6.26. The van der Waals surface area contributed by atoms with Crippen LogP contribution >= 0.6 is 0 Å². The summed E-state index contributed by atoms with van der Waals surface area (Å²) in [7, 11) is 2.01. The molecule has 0 radical (unpaired) electrons. The van der Waals surface area contributed by atoms with Gasteiger partial charge in [-0.2, -0.15) is 0 Å². The van der Waals surface area contributed by atoms with Gasteiger partial charge in [-0.15, -0.1) is 0 Å². The lowest BCUT2D eigenvalue weighted by molar-refractivity contribution is 0.981. The first-order valence-electron chi connectivity index (χ1n) is 8.68. The van der Waals surface area contributed by atoms with Crippen molar-refractivity contribution in [2.75, 3.05) is 12.4 Å². The molecule has 0 saturated heterocycles. The van der Waals surface area contributed by atoms with E-state index in [4.69, 9.17) is 0 Å². The van der Waals surface area contributed by atoms with E-state index in [0.717, 1.165) is 0 Å². The molecule has 1 N–H and O–H groups in total. The molecule has 122 valence electrons. The predicted molar refractivity (Wildman–Crippen MR) is 107 cm³/mol. The van der Waals surface area contributed by atoms with Crippen molar-refractivity contribution in [2.45, 2.75) is 5.92 Å². The highest BCUT2D eigenvalue weighted by Gasteiger charge is 2.20. The van der Waals surface area contributed by atoms with Crippen molar-refractivity contribution < 1.29 is 0 Å². The summed E-state index contributed by atoms with van der Waals surface area (Å²) in [5.41, 5.74) is 5.12. The van der Waals surface area contributed by atoms with Crippen LogP contribution in [0.4, 0.5) is 5.69 Å². The van der Waals surface area contributed by atoms with E-state index in [9.17, 15) is 0 Å². The lowest BCUT2D eigenvalue weighted by atomic mass is 9.83. The van der Waals surface area contributed by atoms with Gasteiger partial charge >= 0.3 is 0 Å². The van der Waals surface area contributed by atoms with E-state index in [1.807, 2.05) is 7.05 Å². The molecule has 0 atom stereocenters. The van der Waals surface area contributed by atoms with Crippen LogP contribution in [-0.4, -0.2) is 7.05 Å². The summed E-state index contributed by atoms with van der Waals surface area (Å²) in [6.07, 6.45) is 0. The third-order valence-corrected chi connectivity index (χ3v) is 4.79. The second kappa shape index (κ2) is 6.82. The molecule has 0 spiro atoms. The van der Waals surface area contributed by atoms with E-state index in [1.54, 1.807) is 0 Å². The third-order valence-electron chi connectivity index (χ3n) is 4.79. The Labute approximate surface area is 149 Å². The van der Waals surface area contributed by atoms with Gasteiger partial charge in [0, 0.05) is 24.0 Å². The third kappa shape index (κ3) is 2.89. The monoisotopic (exact) mass is 323 g/mol. The van der Waals surface area contributed by atoms with E-state index in [0.29, 0.717) is 0 Å². The highest BCUT2D eigenvalue weighted by molar-refractivity contribution is 5.96. The van der Waals surface area contributed by atoms with E-state index in [-0.39, 0.29) is 5.92 Å². The molecule has 0 saturated carbocycles. The molecule has 0 aromatic heterocycles. The quantitative estimate of drug-likeness (QED) is 0.450. The van der Waals surface area contributed by atoms with Gasteiger partial charge in [0.2, 0.25) is 0 Å². The smallest absolute Gasteiger partial charge is 0.0459 e. The first kappa shape index (κ1) is 15.5. The van der Waals surface area contributed by atoms with Gasteiger partial charge in [0.05, 0.1) is 0 Å². The molecule has 0 bridgehead atoms. The molecule has 1 nitrogen and oxygen atoms in total. The minimum atomic E-state index is 0.203. The van der Waals surface area contributed by atoms with Crippen molar-refractivity contribution in [1.82, 2.24) is 0 Å². The van der Waals surface area contributed by atoms with Gasteiger partial charge in [0.15, 0.2) is 0 Å². The molecule has 0 aliphatic heterocycles. The first-order valence-corrected chi connectivity index (χ1v) is 8.68. The van der Waals surface area contributed by atoms with Crippen LogP contribution in [-0.2, 0) is 0 Å². The van der Waals surface area contributed by atoms with Crippen LogP contribution in [0.2, 0.25) is 0 Å². The van der Waals surface area contributed by atoms with Gasteiger partial charge in [-0.05, 0) is 22.1 Å². The zero-order valence-electron chi connectivity index (χ0n) is 14.3. The number of benzene rings is 4. The average Bonchev–Trinajstić information content (AvgIpc) is 2.69. The first-order chi connectivity index (χ1) is 12.4. The van der Waals surface area contributed by atoms with Crippen LogP contribution in [0.3, 0.4) is 0 Å². The summed E-state index contributed by atoms with van der Waals surface area (Å²) in [5.74, 6) is 0.203. The predicted octanol–water partition coefficient (Wildman–Crippen LogP) is 6.06. The molecule has 4 aromatic carbocycles. The Morgan fingerprint density at radius 2 is 1.16 bits per heavy atom. The van der Waals surface area contributed by atoms with Crippen molar-refractivity contribution in [3.8, 4) is 0 Å². The van der Waals surface area contributed by atoms with Crippen molar-refractivity contribution >= 4 is 16.5 Å². The van der Waals surface area contributed by atoms with Crippen LogP contribution in [0, 0.1) is 0 Å². The summed E-state index contributed by atoms with van der Waals surface area (Å²) in [6.45, 7) is 0. The fourth-order valence-electron chi connectivity index (χ4n) is 3.65. The molecule has 0 amide bonds. The summed E-state index contributed by atoms with van der Waals surface area (Å²) in [6, 6.07) is 34.5.